The molecule has 0 heterocycles. The van der Waals surface area contributed by atoms with Crippen LogP contribution in [0.3, 0.4) is 0 Å². The summed E-state index contributed by atoms with van der Waals surface area (Å²) in [4.78, 5) is 0. The first kappa shape index (κ1) is 12.5. The molecule has 1 aromatic carbocycles. The summed E-state index contributed by atoms with van der Waals surface area (Å²) in [6.07, 6.45) is 4.20. The van der Waals surface area contributed by atoms with E-state index in [1.807, 2.05) is 0 Å². The quantitative estimate of drug-likeness (QED) is 0.629. The van der Waals surface area contributed by atoms with Crippen molar-refractivity contribution in [3.63, 3.8) is 0 Å². The molecule has 0 radical (unpaired) electrons. The molecule has 0 spiro atoms. The van der Waals surface area contributed by atoms with E-state index >= 15 is 0 Å². The molecule has 2 nitrogen and oxygen atoms in total. The topological polar surface area (TPSA) is 38.0 Å². The van der Waals surface area contributed by atoms with Crippen LogP contribution in [0.25, 0.3) is 0 Å². The number of benzene rings is 1. The Bertz CT molecular complexity index is 400. The van der Waals surface area contributed by atoms with Crippen LogP contribution >= 0.6 is 0 Å². The van der Waals surface area contributed by atoms with Gasteiger partial charge in [0.25, 0.3) is 0 Å². The summed E-state index contributed by atoms with van der Waals surface area (Å²) >= 11 is 0. The van der Waals surface area contributed by atoms with Gasteiger partial charge in [0.05, 0.1) is 6.04 Å². The van der Waals surface area contributed by atoms with Gasteiger partial charge in [-0.1, -0.05) is 19.8 Å². The Balaban J connectivity index is 2.37. The molecule has 1 saturated carbocycles. The van der Waals surface area contributed by atoms with Crippen molar-refractivity contribution in [1.82, 2.24) is 5.43 Å². The van der Waals surface area contributed by atoms with Gasteiger partial charge in [-0.25, -0.2) is 8.78 Å². The summed E-state index contributed by atoms with van der Waals surface area (Å²) < 4.78 is 27.0. The van der Waals surface area contributed by atoms with Crippen LogP contribution in [0.15, 0.2) is 18.2 Å². The van der Waals surface area contributed by atoms with Crippen LogP contribution in [0.1, 0.15) is 44.2 Å². The molecule has 0 saturated heterocycles. The molecule has 0 amide bonds. The predicted molar refractivity (Wildman–Crippen MR) is 63.0 cm³/mol. The van der Waals surface area contributed by atoms with Gasteiger partial charge in [-0.3, -0.25) is 11.3 Å². The largest absolute Gasteiger partial charge is 0.271 e. The highest BCUT2D eigenvalue weighted by Gasteiger charge is 2.38. The van der Waals surface area contributed by atoms with Crippen molar-refractivity contribution < 1.29 is 8.78 Å². The van der Waals surface area contributed by atoms with Crippen LogP contribution in [0.5, 0.6) is 0 Å². The van der Waals surface area contributed by atoms with Gasteiger partial charge in [0, 0.05) is 5.56 Å². The minimum absolute atomic E-state index is 0.0939. The van der Waals surface area contributed by atoms with Crippen LogP contribution < -0.4 is 11.3 Å². The summed E-state index contributed by atoms with van der Waals surface area (Å²) in [5.41, 5.74) is 2.90. The molecule has 0 bridgehead atoms. The van der Waals surface area contributed by atoms with E-state index in [1.165, 1.54) is 6.07 Å². The third kappa shape index (κ3) is 2.33. The summed E-state index contributed by atoms with van der Waals surface area (Å²) in [6.45, 7) is 2.08. The van der Waals surface area contributed by atoms with Crippen molar-refractivity contribution in [3.8, 4) is 0 Å². The first-order valence-electron chi connectivity index (χ1n) is 5.98. The van der Waals surface area contributed by atoms with Crippen molar-refractivity contribution in [1.29, 1.82) is 0 Å². The average molecular weight is 240 g/mol. The van der Waals surface area contributed by atoms with Gasteiger partial charge in [0.2, 0.25) is 0 Å². The third-order valence-electron chi connectivity index (χ3n) is 3.88. The van der Waals surface area contributed by atoms with Gasteiger partial charge in [-0.15, -0.1) is 0 Å². The standard InChI is InChI=1S/C13H18F2N2/c1-13(6-2-3-7-13)12(17-16)10-8-9(14)4-5-11(10)15/h4-5,8,12,17H,2-3,6-7,16H2,1H3. The molecule has 1 unspecified atom stereocenters. The van der Waals surface area contributed by atoms with Crippen molar-refractivity contribution in [2.45, 2.75) is 38.6 Å². The van der Waals surface area contributed by atoms with Gasteiger partial charge in [0.1, 0.15) is 11.6 Å². The van der Waals surface area contributed by atoms with E-state index in [2.05, 4.69) is 12.3 Å². The molecule has 17 heavy (non-hydrogen) atoms. The zero-order valence-electron chi connectivity index (χ0n) is 9.97. The number of halogens is 2. The second-order valence-electron chi connectivity index (χ2n) is 5.13. The van der Waals surface area contributed by atoms with Gasteiger partial charge < -0.3 is 0 Å². The first-order valence-corrected chi connectivity index (χ1v) is 5.98. The number of hydrogen-bond donors (Lipinski definition) is 2. The molecule has 1 aromatic rings. The monoisotopic (exact) mass is 240 g/mol. The Morgan fingerprint density at radius 3 is 2.53 bits per heavy atom. The fourth-order valence-electron chi connectivity index (χ4n) is 2.87. The minimum atomic E-state index is -0.428. The fraction of sp³-hybridized carbons (Fsp3) is 0.538. The van der Waals surface area contributed by atoms with E-state index in [0.29, 0.717) is 5.56 Å². The Morgan fingerprint density at radius 2 is 1.94 bits per heavy atom. The van der Waals surface area contributed by atoms with Crippen LogP contribution in [-0.4, -0.2) is 0 Å². The lowest BCUT2D eigenvalue weighted by molar-refractivity contribution is 0.219. The van der Waals surface area contributed by atoms with Gasteiger partial charge in [-0.05, 0) is 36.5 Å². The fourth-order valence-corrected chi connectivity index (χ4v) is 2.87. The third-order valence-corrected chi connectivity index (χ3v) is 3.88. The van der Waals surface area contributed by atoms with Crippen LogP contribution in [0.4, 0.5) is 8.78 Å². The Kier molecular flexibility index (Phi) is 3.45. The first-order chi connectivity index (χ1) is 8.07. The molecule has 4 heteroatoms. The van der Waals surface area contributed by atoms with E-state index in [0.717, 1.165) is 37.8 Å². The van der Waals surface area contributed by atoms with Gasteiger partial charge in [-0.2, -0.15) is 0 Å². The SMILES string of the molecule is CC1(C(NN)c2cc(F)ccc2F)CCCC1. The minimum Gasteiger partial charge on any atom is -0.271 e. The maximum absolute atomic E-state index is 13.8. The molecular formula is C13H18F2N2. The molecule has 0 aromatic heterocycles. The Morgan fingerprint density at radius 1 is 1.29 bits per heavy atom. The molecule has 0 aliphatic heterocycles. The van der Waals surface area contributed by atoms with Gasteiger partial charge in [0.15, 0.2) is 0 Å². The lowest BCUT2D eigenvalue weighted by atomic mass is 9.77. The lowest BCUT2D eigenvalue weighted by Gasteiger charge is -2.34. The van der Waals surface area contributed by atoms with Crippen molar-refractivity contribution in [2.24, 2.45) is 11.3 Å². The molecule has 3 N–H and O–H groups in total. The lowest BCUT2D eigenvalue weighted by Crippen LogP contribution is -2.39. The zero-order chi connectivity index (χ0) is 12.5. The molecule has 1 aliphatic carbocycles. The molecule has 94 valence electrons. The number of nitrogens with two attached hydrogens (primary N) is 1. The zero-order valence-corrected chi connectivity index (χ0v) is 9.97. The van der Waals surface area contributed by atoms with Crippen LogP contribution in [0.2, 0.25) is 0 Å². The summed E-state index contributed by atoms with van der Waals surface area (Å²) in [6, 6.07) is 3.20. The van der Waals surface area contributed by atoms with E-state index in [1.54, 1.807) is 0 Å². The Labute approximate surface area is 100 Å². The summed E-state index contributed by atoms with van der Waals surface area (Å²) in [5, 5.41) is 0. The van der Waals surface area contributed by atoms with E-state index in [-0.39, 0.29) is 11.5 Å². The number of hydrogen-bond acceptors (Lipinski definition) is 2. The number of rotatable bonds is 3. The molecule has 1 fully saturated rings. The van der Waals surface area contributed by atoms with Crippen LogP contribution in [0, 0.1) is 17.0 Å². The molecule has 2 rings (SSSR count). The van der Waals surface area contributed by atoms with E-state index in [4.69, 9.17) is 5.84 Å². The molecule has 1 aliphatic rings. The summed E-state index contributed by atoms with van der Waals surface area (Å²) in [7, 11) is 0. The highest BCUT2D eigenvalue weighted by molar-refractivity contribution is 5.24. The smallest absolute Gasteiger partial charge is 0.128 e. The highest BCUT2D eigenvalue weighted by Crippen LogP contribution is 2.47. The second kappa shape index (κ2) is 4.70. The summed E-state index contributed by atoms with van der Waals surface area (Å²) in [5.74, 6) is 4.72. The maximum atomic E-state index is 13.8. The van der Waals surface area contributed by atoms with Gasteiger partial charge >= 0.3 is 0 Å². The predicted octanol–water partition coefficient (Wildman–Crippen LogP) is 3.05. The van der Waals surface area contributed by atoms with E-state index < -0.39 is 11.6 Å². The normalized spacial score (nSPS) is 20.5. The van der Waals surface area contributed by atoms with E-state index in [9.17, 15) is 8.78 Å². The number of nitrogens with one attached hydrogen (secondary N) is 1. The second-order valence-corrected chi connectivity index (χ2v) is 5.13. The maximum Gasteiger partial charge on any atom is 0.128 e. The number of hydrazine groups is 1. The highest BCUT2D eigenvalue weighted by atomic mass is 19.1. The Hall–Kier alpha value is -1.00. The van der Waals surface area contributed by atoms with Crippen molar-refractivity contribution in [3.05, 3.63) is 35.4 Å². The van der Waals surface area contributed by atoms with Crippen LogP contribution in [-0.2, 0) is 0 Å². The molecule has 1 atom stereocenters. The molecular weight excluding hydrogens is 222 g/mol. The van der Waals surface area contributed by atoms with Crippen molar-refractivity contribution in [2.75, 3.05) is 0 Å². The van der Waals surface area contributed by atoms with Crippen molar-refractivity contribution >= 4 is 0 Å². The average Bonchev–Trinajstić information content (AvgIpc) is 2.72.